The Hall–Kier alpha value is -2.42. The average Bonchev–Trinajstić information content (AvgIpc) is 3.13. The molecule has 1 aromatic heterocycles. The predicted octanol–water partition coefficient (Wildman–Crippen LogP) is 4.43. The largest absolute Gasteiger partial charge is 0.492 e. The lowest BCUT2D eigenvalue weighted by Gasteiger charge is -2.30. The fourth-order valence-corrected chi connectivity index (χ4v) is 4.55. The van der Waals surface area contributed by atoms with Crippen molar-refractivity contribution >= 4 is 21.6 Å². The van der Waals surface area contributed by atoms with Gasteiger partial charge in [-0.3, -0.25) is 4.90 Å². The Morgan fingerprint density at radius 1 is 1.15 bits per heavy atom. The van der Waals surface area contributed by atoms with E-state index in [9.17, 15) is 0 Å². The second-order valence-electron chi connectivity index (χ2n) is 6.62. The van der Waals surface area contributed by atoms with E-state index in [0.29, 0.717) is 18.1 Å². The molecular weight excluding hydrogens is 342 g/mol. The lowest BCUT2D eigenvalue weighted by atomic mass is 9.97. The third kappa shape index (κ3) is 3.87. The summed E-state index contributed by atoms with van der Waals surface area (Å²) in [4.78, 5) is 7.28. The molecule has 1 aliphatic heterocycles. The standard InChI is InChI=1S/C21H21N3OS/c22-15-16-4-3-5-18(14-16)25-13-12-24-10-8-17(9-11-24)21-23-19-6-1-2-7-20(19)26-21/h1-7,14,17H,8-13H2. The molecule has 0 N–H and O–H groups in total. The van der Waals surface area contributed by atoms with Gasteiger partial charge < -0.3 is 4.74 Å². The highest BCUT2D eigenvalue weighted by Crippen LogP contribution is 2.33. The number of aromatic nitrogens is 1. The third-order valence-corrected chi connectivity index (χ3v) is 6.09. The highest BCUT2D eigenvalue weighted by molar-refractivity contribution is 7.18. The number of nitriles is 1. The zero-order valence-corrected chi connectivity index (χ0v) is 15.4. The lowest BCUT2D eigenvalue weighted by molar-refractivity contribution is 0.173. The van der Waals surface area contributed by atoms with Crippen LogP contribution in [0.4, 0.5) is 0 Å². The maximum Gasteiger partial charge on any atom is 0.120 e. The normalized spacial score (nSPS) is 15.8. The summed E-state index contributed by atoms with van der Waals surface area (Å²) < 4.78 is 7.09. The van der Waals surface area contributed by atoms with E-state index in [4.69, 9.17) is 15.0 Å². The third-order valence-electron chi connectivity index (χ3n) is 4.89. The van der Waals surface area contributed by atoms with Crippen molar-refractivity contribution in [3.8, 4) is 11.8 Å². The van der Waals surface area contributed by atoms with Crippen molar-refractivity contribution in [2.45, 2.75) is 18.8 Å². The summed E-state index contributed by atoms with van der Waals surface area (Å²) in [7, 11) is 0. The minimum Gasteiger partial charge on any atom is -0.492 e. The Kier molecular flexibility index (Phi) is 5.14. The van der Waals surface area contributed by atoms with E-state index in [1.807, 2.05) is 23.5 Å². The van der Waals surface area contributed by atoms with Crippen molar-refractivity contribution in [3.05, 3.63) is 59.1 Å². The molecule has 0 amide bonds. The maximum atomic E-state index is 8.94. The molecule has 1 saturated heterocycles. The van der Waals surface area contributed by atoms with Crippen molar-refractivity contribution in [3.63, 3.8) is 0 Å². The molecule has 4 rings (SSSR count). The number of fused-ring (bicyclic) bond motifs is 1. The minimum absolute atomic E-state index is 0.580. The molecule has 132 valence electrons. The molecule has 0 radical (unpaired) electrons. The van der Waals surface area contributed by atoms with Gasteiger partial charge in [0.25, 0.3) is 0 Å². The van der Waals surface area contributed by atoms with Crippen LogP contribution < -0.4 is 4.74 Å². The second-order valence-corrected chi connectivity index (χ2v) is 7.69. The van der Waals surface area contributed by atoms with Crippen molar-refractivity contribution in [2.24, 2.45) is 0 Å². The molecule has 0 aliphatic carbocycles. The van der Waals surface area contributed by atoms with E-state index in [0.717, 1.165) is 43.7 Å². The first-order chi connectivity index (χ1) is 12.8. The van der Waals surface area contributed by atoms with Crippen LogP contribution in [0.3, 0.4) is 0 Å². The molecule has 3 aromatic rings. The molecule has 0 spiro atoms. The molecule has 1 aliphatic rings. The molecule has 0 atom stereocenters. The maximum absolute atomic E-state index is 8.94. The van der Waals surface area contributed by atoms with Gasteiger partial charge in [0, 0.05) is 12.5 Å². The Morgan fingerprint density at radius 2 is 2.00 bits per heavy atom. The SMILES string of the molecule is N#Cc1cccc(OCCN2CCC(c3nc4ccccc4s3)CC2)c1. The topological polar surface area (TPSA) is 49.1 Å². The fraction of sp³-hybridized carbons (Fsp3) is 0.333. The number of hydrogen-bond acceptors (Lipinski definition) is 5. The van der Waals surface area contributed by atoms with Gasteiger partial charge in [0.15, 0.2) is 0 Å². The predicted molar refractivity (Wildman–Crippen MR) is 105 cm³/mol. The van der Waals surface area contributed by atoms with Gasteiger partial charge in [0.05, 0.1) is 26.9 Å². The fourth-order valence-electron chi connectivity index (χ4n) is 3.42. The van der Waals surface area contributed by atoms with Crippen LogP contribution in [0.15, 0.2) is 48.5 Å². The van der Waals surface area contributed by atoms with Crippen LogP contribution in [0.25, 0.3) is 10.2 Å². The van der Waals surface area contributed by atoms with E-state index in [-0.39, 0.29) is 0 Å². The van der Waals surface area contributed by atoms with Crippen LogP contribution in [-0.4, -0.2) is 36.1 Å². The number of ether oxygens (including phenoxy) is 1. The molecule has 2 aromatic carbocycles. The summed E-state index contributed by atoms with van der Waals surface area (Å²) in [5.74, 6) is 1.35. The number of para-hydroxylation sites is 1. The smallest absolute Gasteiger partial charge is 0.120 e. The van der Waals surface area contributed by atoms with E-state index < -0.39 is 0 Å². The van der Waals surface area contributed by atoms with E-state index in [1.165, 1.54) is 9.71 Å². The Balaban J connectivity index is 1.26. The monoisotopic (exact) mass is 363 g/mol. The number of thiazole rings is 1. The second kappa shape index (κ2) is 7.86. The molecule has 26 heavy (non-hydrogen) atoms. The first kappa shape index (κ1) is 17.0. The van der Waals surface area contributed by atoms with Gasteiger partial charge in [-0.15, -0.1) is 11.3 Å². The number of nitrogens with zero attached hydrogens (tertiary/aromatic N) is 3. The molecule has 0 unspecified atom stereocenters. The molecule has 4 nitrogen and oxygen atoms in total. The van der Waals surface area contributed by atoms with Crippen LogP contribution in [0.1, 0.15) is 29.3 Å². The summed E-state index contributed by atoms with van der Waals surface area (Å²) in [6.07, 6.45) is 2.31. The number of benzene rings is 2. The van der Waals surface area contributed by atoms with E-state index >= 15 is 0 Å². The zero-order valence-electron chi connectivity index (χ0n) is 14.6. The van der Waals surface area contributed by atoms with Crippen LogP contribution in [0.5, 0.6) is 5.75 Å². The van der Waals surface area contributed by atoms with Crippen LogP contribution in [0, 0.1) is 11.3 Å². The van der Waals surface area contributed by atoms with Crippen LogP contribution in [-0.2, 0) is 0 Å². The number of piperidine rings is 1. The summed E-state index contributed by atoms with van der Waals surface area (Å²) >= 11 is 1.84. The zero-order chi connectivity index (χ0) is 17.8. The van der Waals surface area contributed by atoms with Gasteiger partial charge in [0.2, 0.25) is 0 Å². The minimum atomic E-state index is 0.580. The van der Waals surface area contributed by atoms with Gasteiger partial charge in [-0.2, -0.15) is 5.26 Å². The van der Waals surface area contributed by atoms with Crippen molar-refractivity contribution < 1.29 is 4.74 Å². The van der Waals surface area contributed by atoms with Gasteiger partial charge >= 0.3 is 0 Å². The van der Waals surface area contributed by atoms with E-state index in [2.05, 4.69) is 35.2 Å². The highest BCUT2D eigenvalue weighted by atomic mass is 32.1. The highest BCUT2D eigenvalue weighted by Gasteiger charge is 2.23. The number of hydrogen-bond donors (Lipinski definition) is 0. The molecule has 0 bridgehead atoms. The number of likely N-dealkylation sites (tertiary alicyclic amines) is 1. The summed E-state index contributed by atoms with van der Waals surface area (Å²) in [6, 6.07) is 17.9. The molecular formula is C21H21N3OS. The Labute approximate surface area is 157 Å². The van der Waals surface area contributed by atoms with Gasteiger partial charge in [-0.25, -0.2) is 4.98 Å². The lowest BCUT2D eigenvalue weighted by Crippen LogP contribution is -2.35. The quantitative estimate of drug-likeness (QED) is 0.673. The summed E-state index contributed by atoms with van der Waals surface area (Å²) in [5, 5.41) is 10.2. The van der Waals surface area contributed by atoms with E-state index in [1.54, 1.807) is 12.1 Å². The first-order valence-corrected chi connectivity index (χ1v) is 9.84. The summed E-state index contributed by atoms with van der Waals surface area (Å²) in [6.45, 7) is 3.74. The van der Waals surface area contributed by atoms with Crippen LogP contribution in [0.2, 0.25) is 0 Å². The Morgan fingerprint density at radius 3 is 2.81 bits per heavy atom. The van der Waals surface area contributed by atoms with Gasteiger partial charge in [-0.05, 0) is 56.3 Å². The van der Waals surface area contributed by atoms with Crippen molar-refractivity contribution in [1.29, 1.82) is 5.26 Å². The van der Waals surface area contributed by atoms with Crippen molar-refractivity contribution in [2.75, 3.05) is 26.2 Å². The molecule has 5 heteroatoms. The molecule has 1 fully saturated rings. The molecule has 2 heterocycles. The van der Waals surface area contributed by atoms with Gasteiger partial charge in [0.1, 0.15) is 12.4 Å². The van der Waals surface area contributed by atoms with Gasteiger partial charge in [-0.1, -0.05) is 18.2 Å². The molecule has 0 saturated carbocycles. The number of rotatable bonds is 5. The van der Waals surface area contributed by atoms with Crippen LogP contribution >= 0.6 is 11.3 Å². The average molecular weight is 363 g/mol. The van der Waals surface area contributed by atoms with Crippen molar-refractivity contribution in [1.82, 2.24) is 9.88 Å². The first-order valence-electron chi connectivity index (χ1n) is 9.02. The summed E-state index contributed by atoms with van der Waals surface area (Å²) in [5.41, 5.74) is 1.77. The Bertz CT molecular complexity index is 889.